The first-order valence-electron chi connectivity index (χ1n) is 4.16. The highest BCUT2D eigenvalue weighted by atomic mass is 79.9. The van der Waals surface area contributed by atoms with Gasteiger partial charge in [-0.05, 0) is 23.5 Å². The van der Waals surface area contributed by atoms with E-state index in [0.29, 0.717) is 0 Å². The molecule has 0 bridgehead atoms. The number of carbonyl (C=O) groups excluding carboxylic acids is 1. The van der Waals surface area contributed by atoms with Crippen molar-refractivity contribution >= 4 is 33.5 Å². The van der Waals surface area contributed by atoms with E-state index in [4.69, 9.17) is 0 Å². The summed E-state index contributed by atoms with van der Waals surface area (Å²) >= 11 is 4.96. The molecular formula is C11H11BrOS. The van der Waals surface area contributed by atoms with Gasteiger partial charge in [-0.25, -0.2) is 0 Å². The largest absolute Gasteiger partial charge is 0.295 e. The summed E-state index contributed by atoms with van der Waals surface area (Å²) in [7, 11) is 0. The van der Waals surface area contributed by atoms with E-state index in [1.807, 2.05) is 24.3 Å². The second kappa shape index (κ2) is 5.37. The number of rotatable bonds is 4. The van der Waals surface area contributed by atoms with Gasteiger partial charge < -0.3 is 0 Å². The predicted octanol–water partition coefficient (Wildman–Crippen LogP) is 3.89. The molecule has 0 spiro atoms. The van der Waals surface area contributed by atoms with Crippen LogP contribution >= 0.6 is 27.7 Å². The van der Waals surface area contributed by atoms with Gasteiger partial charge in [-0.3, -0.25) is 4.79 Å². The van der Waals surface area contributed by atoms with Crippen LogP contribution in [0.25, 0.3) is 0 Å². The van der Waals surface area contributed by atoms with Crippen LogP contribution in [0.4, 0.5) is 0 Å². The van der Waals surface area contributed by atoms with Crippen LogP contribution in [0.5, 0.6) is 0 Å². The third-order valence-corrected chi connectivity index (χ3v) is 3.37. The van der Waals surface area contributed by atoms with Crippen molar-refractivity contribution in [1.29, 1.82) is 0 Å². The van der Waals surface area contributed by atoms with Crippen LogP contribution < -0.4 is 0 Å². The highest BCUT2D eigenvalue weighted by Gasteiger charge is 2.00. The summed E-state index contributed by atoms with van der Waals surface area (Å²) in [6, 6.07) is 7.63. The average molecular weight is 271 g/mol. The van der Waals surface area contributed by atoms with Crippen LogP contribution in [-0.2, 0) is 0 Å². The van der Waals surface area contributed by atoms with E-state index in [1.165, 1.54) is 0 Å². The summed E-state index contributed by atoms with van der Waals surface area (Å²) in [5, 5.41) is 0. The monoisotopic (exact) mass is 270 g/mol. The smallest absolute Gasteiger partial charge is 0.159 e. The van der Waals surface area contributed by atoms with Crippen LogP contribution in [0.2, 0.25) is 0 Å². The fourth-order valence-electron chi connectivity index (χ4n) is 0.967. The summed E-state index contributed by atoms with van der Waals surface area (Å²) < 4.78 is 0.954. The Morgan fingerprint density at radius 3 is 2.86 bits per heavy atom. The summed E-state index contributed by atoms with van der Waals surface area (Å²) in [6.45, 7) is 5.33. The highest BCUT2D eigenvalue weighted by molar-refractivity contribution is 9.11. The zero-order chi connectivity index (χ0) is 10.6. The van der Waals surface area contributed by atoms with Crippen LogP contribution in [0, 0.1) is 0 Å². The molecule has 0 radical (unpaired) electrons. The Morgan fingerprint density at radius 2 is 2.29 bits per heavy atom. The fourth-order valence-corrected chi connectivity index (χ4v) is 2.02. The molecule has 0 saturated carbocycles. The second-order valence-corrected chi connectivity index (χ2v) is 5.06. The Labute approximate surface area is 96.7 Å². The third-order valence-electron chi connectivity index (χ3n) is 1.64. The van der Waals surface area contributed by atoms with Gasteiger partial charge in [-0.1, -0.05) is 34.6 Å². The quantitative estimate of drug-likeness (QED) is 0.610. The Balaban J connectivity index is 2.73. The molecule has 14 heavy (non-hydrogen) atoms. The molecule has 0 amide bonds. The van der Waals surface area contributed by atoms with Crippen molar-refractivity contribution in [3.8, 4) is 0 Å². The van der Waals surface area contributed by atoms with Gasteiger partial charge >= 0.3 is 0 Å². The van der Waals surface area contributed by atoms with Gasteiger partial charge in [-0.2, -0.15) is 0 Å². The van der Waals surface area contributed by atoms with Crippen LogP contribution in [0.3, 0.4) is 0 Å². The molecule has 1 aromatic rings. The van der Waals surface area contributed by atoms with Crippen molar-refractivity contribution in [1.82, 2.24) is 0 Å². The van der Waals surface area contributed by atoms with E-state index in [2.05, 4.69) is 22.5 Å². The van der Waals surface area contributed by atoms with Crippen molar-refractivity contribution in [2.45, 2.75) is 11.8 Å². The van der Waals surface area contributed by atoms with Crippen molar-refractivity contribution < 1.29 is 4.79 Å². The minimum atomic E-state index is 0.102. The molecule has 0 aliphatic heterocycles. The molecule has 0 atom stereocenters. The molecule has 0 fully saturated rings. The van der Waals surface area contributed by atoms with Crippen molar-refractivity contribution in [3.05, 3.63) is 40.9 Å². The number of benzene rings is 1. The Bertz CT molecular complexity index is 360. The zero-order valence-corrected chi connectivity index (χ0v) is 10.3. The van der Waals surface area contributed by atoms with Crippen molar-refractivity contribution in [2.24, 2.45) is 0 Å². The summed E-state index contributed by atoms with van der Waals surface area (Å²) in [5.74, 6) is 0.923. The van der Waals surface area contributed by atoms with Crippen LogP contribution in [-0.4, -0.2) is 11.5 Å². The maximum Gasteiger partial charge on any atom is 0.159 e. The van der Waals surface area contributed by atoms with E-state index >= 15 is 0 Å². The number of thioether (sulfide) groups is 1. The lowest BCUT2D eigenvalue weighted by Crippen LogP contribution is -1.91. The first kappa shape index (κ1) is 11.5. The van der Waals surface area contributed by atoms with E-state index in [9.17, 15) is 4.79 Å². The van der Waals surface area contributed by atoms with Gasteiger partial charge in [0.05, 0.1) is 0 Å². The molecule has 1 rings (SSSR count). The molecule has 0 heterocycles. The molecule has 0 unspecified atom stereocenters. The Hall–Kier alpha value is -0.540. The van der Waals surface area contributed by atoms with E-state index in [-0.39, 0.29) is 5.78 Å². The molecule has 0 aliphatic rings. The number of halogens is 1. The molecular weight excluding hydrogens is 260 g/mol. The molecule has 1 nitrogen and oxygen atoms in total. The standard InChI is InChI=1S/C11H11BrOS/c1-8(12)7-14-11-5-3-4-10(6-11)9(2)13/h3-6H,1,7H2,2H3. The first-order chi connectivity index (χ1) is 6.59. The molecule has 0 aliphatic carbocycles. The number of carbonyl (C=O) groups is 1. The molecule has 1 aromatic carbocycles. The first-order valence-corrected chi connectivity index (χ1v) is 5.94. The van der Waals surface area contributed by atoms with Gasteiger partial charge in [0.25, 0.3) is 0 Å². The van der Waals surface area contributed by atoms with Crippen LogP contribution in [0.1, 0.15) is 17.3 Å². The van der Waals surface area contributed by atoms with Gasteiger partial charge in [-0.15, -0.1) is 11.8 Å². The molecule has 0 aromatic heterocycles. The number of ketones is 1. The average Bonchev–Trinajstić information content (AvgIpc) is 2.15. The molecule has 3 heteroatoms. The number of hydrogen-bond donors (Lipinski definition) is 0. The molecule has 0 saturated heterocycles. The Morgan fingerprint density at radius 1 is 1.57 bits per heavy atom. The zero-order valence-electron chi connectivity index (χ0n) is 7.92. The molecule has 0 N–H and O–H groups in total. The summed E-state index contributed by atoms with van der Waals surface area (Å²) in [6.07, 6.45) is 0. The van der Waals surface area contributed by atoms with E-state index in [0.717, 1.165) is 20.7 Å². The maximum absolute atomic E-state index is 11.1. The fraction of sp³-hybridized carbons (Fsp3) is 0.182. The minimum Gasteiger partial charge on any atom is -0.295 e. The van der Waals surface area contributed by atoms with Gasteiger partial charge in [0.2, 0.25) is 0 Å². The summed E-state index contributed by atoms with van der Waals surface area (Å²) in [4.78, 5) is 12.2. The van der Waals surface area contributed by atoms with Crippen molar-refractivity contribution in [2.75, 3.05) is 5.75 Å². The molecule has 74 valence electrons. The van der Waals surface area contributed by atoms with E-state index < -0.39 is 0 Å². The lowest BCUT2D eigenvalue weighted by atomic mass is 10.2. The minimum absolute atomic E-state index is 0.102. The lowest BCUT2D eigenvalue weighted by molar-refractivity contribution is 0.101. The normalized spacial score (nSPS) is 9.86. The maximum atomic E-state index is 11.1. The van der Waals surface area contributed by atoms with Gasteiger partial charge in [0.1, 0.15) is 0 Å². The predicted molar refractivity (Wildman–Crippen MR) is 65.2 cm³/mol. The van der Waals surface area contributed by atoms with Gasteiger partial charge in [0.15, 0.2) is 5.78 Å². The lowest BCUT2D eigenvalue weighted by Gasteiger charge is -2.01. The van der Waals surface area contributed by atoms with Crippen molar-refractivity contribution in [3.63, 3.8) is 0 Å². The number of Topliss-reactive ketones (excluding diaryl/α,β-unsaturated/α-hetero) is 1. The summed E-state index contributed by atoms with van der Waals surface area (Å²) in [5.41, 5.74) is 0.759. The second-order valence-electron chi connectivity index (χ2n) is 2.89. The van der Waals surface area contributed by atoms with Crippen LogP contribution in [0.15, 0.2) is 40.2 Å². The third kappa shape index (κ3) is 3.68. The van der Waals surface area contributed by atoms with Gasteiger partial charge in [0, 0.05) is 16.2 Å². The van der Waals surface area contributed by atoms with E-state index in [1.54, 1.807) is 18.7 Å². The topological polar surface area (TPSA) is 17.1 Å². The Kier molecular flexibility index (Phi) is 4.42. The number of hydrogen-bond acceptors (Lipinski definition) is 2. The highest BCUT2D eigenvalue weighted by Crippen LogP contribution is 2.22. The SMILES string of the molecule is C=C(Br)CSc1cccc(C(C)=O)c1.